The van der Waals surface area contributed by atoms with Gasteiger partial charge >= 0.3 is 0 Å². The van der Waals surface area contributed by atoms with Crippen LogP contribution in [0.2, 0.25) is 0 Å². The third-order valence-electron chi connectivity index (χ3n) is 3.04. The Hall–Kier alpha value is -1.78. The molecule has 0 amide bonds. The van der Waals surface area contributed by atoms with E-state index in [9.17, 15) is 0 Å². The average Bonchev–Trinajstić information content (AvgIpc) is 2.86. The molecule has 0 bridgehead atoms. The lowest BCUT2D eigenvalue weighted by molar-refractivity contribution is 0.470. The summed E-state index contributed by atoms with van der Waals surface area (Å²) in [7, 11) is 1.95. The van der Waals surface area contributed by atoms with E-state index >= 15 is 0 Å². The molecule has 0 aliphatic heterocycles. The molecule has 5 nitrogen and oxygen atoms in total. The van der Waals surface area contributed by atoms with Crippen molar-refractivity contribution in [3.63, 3.8) is 0 Å². The van der Waals surface area contributed by atoms with E-state index in [4.69, 9.17) is 0 Å². The number of rotatable bonds is 5. The molecule has 0 saturated heterocycles. The molecule has 0 unspecified atom stereocenters. The van der Waals surface area contributed by atoms with E-state index in [1.807, 2.05) is 24.1 Å². The molecule has 0 spiro atoms. The Morgan fingerprint density at radius 2 is 2.11 bits per heavy atom. The number of nitrogens with zero attached hydrogens (tertiary/aromatic N) is 4. The molecule has 18 heavy (non-hydrogen) atoms. The molecule has 98 valence electrons. The highest BCUT2D eigenvalue weighted by Gasteiger charge is 2.07. The highest BCUT2D eigenvalue weighted by molar-refractivity contribution is 5.45. The van der Waals surface area contributed by atoms with Crippen molar-refractivity contribution in [1.29, 1.82) is 0 Å². The van der Waals surface area contributed by atoms with Gasteiger partial charge < -0.3 is 5.32 Å². The van der Waals surface area contributed by atoms with E-state index in [2.05, 4.69) is 47.0 Å². The second kappa shape index (κ2) is 5.25. The average molecular weight is 247 g/mol. The first-order valence-electron chi connectivity index (χ1n) is 6.31. The fraction of sp³-hybridized carbons (Fsp3) is 0.538. The van der Waals surface area contributed by atoms with Gasteiger partial charge in [0.1, 0.15) is 0 Å². The van der Waals surface area contributed by atoms with Gasteiger partial charge in [0.25, 0.3) is 0 Å². The lowest BCUT2D eigenvalue weighted by Gasteiger charge is -2.11. The van der Waals surface area contributed by atoms with Gasteiger partial charge in [0.2, 0.25) is 0 Å². The van der Waals surface area contributed by atoms with Crippen LogP contribution in [0.15, 0.2) is 18.5 Å². The minimum absolute atomic E-state index is 0.601. The van der Waals surface area contributed by atoms with Gasteiger partial charge in [0, 0.05) is 19.8 Å². The molecule has 0 saturated carbocycles. The van der Waals surface area contributed by atoms with Crippen molar-refractivity contribution in [1.82, 2.24) is 19.6 Å². The van der Waals surface area contributed by atoms with Gasteiger partial charge in [0.05, 0.1) is 29.8 Å². The molecular formula is C13H21N5. The van der Waals surface area contributed by atoms with Crippen molar-refractivity contribution in [3.8, 4) is 0 Å². The van der Waals surface area contributed by atoms with E-state index in [0.717, 1.165) is 24.5 Å². The van der Waals surface area contributed by atoms with Crippen LogP contribution >= 0.6 is 0 Å². The van der Waals surface area contributed by atoms with Crippen LogP contribution in [0.4, 0.5) is 5.69 Å². The first kappa shape index (κ1) is 12.7. The number of hydrogen-bond donors (Lipinski definition) is 1. The predicted octanol–water partition coefficient (Wildman–Crippen LogP) is 2.19. The maximum Gasteiger partial charge on any atom is 0.0759 e. The highest BCUT2D eigenvalue weighted by Crippen LogP contribution is 2.14. The topological polar surface area (TPSA) is 47.7 Å². The summed E-state index contributed by atoms with van der Waals surface area (Å²) in [6, 6.07) is 2.06. The molecule has 2 aromatic rings. The molecule has 0 aliphatic rings. The van der Waals surface area contributed by atoms with Crippen molar-refractivity contribution < 1.29 is 0 Å². The van der Waals surface area contributed by atoms with E-state index < -0.39 is 0 Å². The van der Waals surface area contributed by atoms with Gasteiger partial charge in [-0.25, -0.2) is 0 Å². The molecule has 2 heterocycles. The zero-order valence-electron chi connectivity index (χ0n) is 11.5. The molecule has 1 N–H and O–H groups in total. The second-order valence-electron chi connectivity index (χ2n) is 5.02. The van der Waals surface area contributed by atoms with Crippen molar-refractivity contribution in [2.75, 3.05) is 5.32 Å². The Morgan fingerprint density at radius 1 is 1.33 bits per heavy atom. The minimum Gasteiger partial charge on any atom is -0.377 e. The van der Waals surface area contributed by atoms with Crippen molar-refractivity contribution in [2.45, 2.75) is 33.9 Å². The summed E-state index contributed by atoms with van der Waals surface area (Å²) < 4.78 is 3.93. The number of aromatic nitrogens is 4. The van der Waals surface area contributed by atoms with Crippen molar-refractivity contribution in [2.24, 2.45) is 13.0 Å². The molecular weight excluding hydrogens is 226 g/mol. The Morgan fingerprint density at radius 3 is 2.72 bits per heavy atom. The minimum atomic E-state index is 0.601. The Balaban J connectivity index is 2.02. The number of anilines is 1. The summed E-state index contributed by atoms with van der Waals surface area (Å²) in [6.07, 6.45) is 3.72. The highest BCUT2D eigenvalue weighted by atomic mass is 15.3. The van der Waals surface area contributed by atoms with Crippen LogP contribution in [0.25, 0.3) is 0 Å². The van der Waals surface area contributed by atoms with E-state index in [1.165, 1.54) is 5.69 Å². The molecule has 2 aromatic heterocycles. The van der Waals surface area contributed by atoms with Crippen molar-refractivity contribution >= 4 is 5.69 Å². The number of aryl methyl sites for hydroxylation is 1. The van der Waals surface area contributed by atoms with E-state index in [-0.39, 0.29) is 0 Å². The summed E-state index contributed by atoms with van der Waals surface area (Å²) in [4.78, 5) is 0. The van der Waals surface area contributed by atoms with Crippen molar-refractivity contribution in [3.05, 3.63) is 29.8 Å². The van der Waals surface area contributed by atoms with E-state index in [1.54, 1.807) is 0 Å². The van der Waals surface area contributed by atoms with Gasteiger partial charge in [0.15, 0.2) is 0 Å². The van der Waals surface area contributed by atoms with Gasteiger partial charge in [-0.2, -0.15) is 10.2 Å². The Labute approximate surface area is 108 Å². The van der Waals surface area contributed by atoms with Crippen LogP contribution < -0.4 is 5.32 Å². The monoisotopic (exact) mass is 247 g/mol. The SMILES string of the molecule is Cc1c(NCc2ccnn2CC(C)C)cnn1C. The van der Waals surface area contributed by atoms with Gasteiger partial charge in [-0.3, -0.25) is 9.36 Å². The third kappa shape index (κ3) is 2.72. The lowest BCUT2D eigenvalue weighted by atomic mass is 10.2. The smallest absolute Gasteiger partial charge is 0.0759 e. The molecule has 0 fully saturated rings. The van der Waals surface area contributed by atoms with Crippen LogP contribution in [-0.2, 0) is 20.1 Å². The normalized spacial score (nSPS) is 11.2. The fourth-order valence-corrected chi connectivity index (χ4v) is 1.88. The summed E-state index contributed by atoms with van der Waals surface area (Å²) in [5.41, 5.74) is 3.42. The summed E-state index contributed by atoms with van der Waals surface area (Å²) in [5, 5.41) is 12.0. The maximum absolute atomic E-state index is 4.35. The first-order chi connectivity index (χ1) is 8.58. The van der Waals surface area contributed by atoms with Gasteiger partial charge in [-0.1, -0.05) is 13.8 Å². The zero-order chi connectivity index (χ0) is 13.1. The summed E-state index contributed by atoms with van der Waals surface area (Å²) >= 11 is 0. The zero-order valence-corrected chi connectivity index (χ0v) is 11.5. The molecule has 0 aliphatic carbocycles. The largest absolute Gasteiger partial charge is 0.377 e. The molecule has 0 aromatic carbocycles. The Bertz CT molecular complexity index is 509. The first-order valence-corrected chi connectivity index (χ1v) is 6.31. The molecule has 0 radical (unpaired) electrons. The second-order valence-corrected chi connectivity index (χ2v) is 5.02. The van der Waals surface area contributed by atoms with Crippen LogP contribution in [0.3, 0.4) is 0 Å². The summed E-state index contributed by atoms with van der Waals surface area (Å²) in [6.45, 7) is 8.18. The fourth-order valence-electron chi connectivity index (χ4n) is 1.88. The standard InChI is InChI=1S/C13H21N5/c1-10(2)9-18-12(5-6-15-18)7-14-13-8-16-17(4)11(13)3/h5-6,8,10,14H,7,9H2,1-4H3. The van der Waals surface area contributed by atoms with Crippen LogP contribution in [0.5, 0.6) is 0 Å². The third-order valence-corrected chi connectivity index (χ3v) is 3.04. The summed E-state index contributed by atoms with van der Waals surface area (Å²) in [5.74, 6) is 0.601. The maximum atomic E-state index is 4.35. The predicted molar refractivity (Wildman–Crippen MR) is 72.3 cm³/mol. The molecule has 5 heteroatoms. The lowest BCUT2D eigenvalue weighted by Crippen LogP contribution is -2.12. The molecule has 0 atom stereocenters. The Kier molecular flexibility index (Phi) is 3.69. The van der Waals surface area contributed by atoms with Crippen LogP contribution in [-0.4, -0.2) is 19.6 Å². The quantitative estimate of drug-likeness (QED) is 0.881. The molecule has 2 rings (SSSR count). The van der Waals surface area contributed by atoms with Gasteiger partial charge in [-0.15, -0.1) is 0 Å². The van der Waals surface area contributed by atoms with Crippen LogP contribution in [0.1, 0.15) is 25.2 Å². The van der Waals surface area contributed by atoms with E-state index in [0.29, 0.717) is 5.92 Å². The number of nitrogens with one attached hydrogen (secondary N) is 1. The van der Waals surface area contributed by atoms with Gasteiger partial charge in [-0.05, 0) is 18.9 Å². The number of hydrogen-bond acceptors (Lipinski definition) is 3. The van der Waals surface area contributed by atoms with Crippen LogP contribution in [0, 0.1) is 12.8 Å².